The molecule has 0 saturated heterocycles. The quantitative estimate of drug-likeness (QED) is 0.480. The van der Waals surface area contributed by atoms with Gasteiger partial charge >= 0.3 is 0 Å². The second kappa shape index (κ2) is 5.74. The van der Waals surface area contributed by atoms with Crippen LogP contribution in [-0.2, 0) is 0 Å². The van der Waals surface area contributed by atoms with Crippen LogP contribution in [0.3, 0.4) is 0 Å². The molecule has 0 aliphatic carbocycles. The van der Waals surface area contributed by atoms with Crippen LogP contribution < -0.4 is 0 Å². The van der Waals surface area contributed by atoms with Crippen molar-refractivity contribution in [2.45, 2.75) is 20.8 Å². The van der Waals surface area contributed by atoms with E-state index in [9.17, 15) is 0 Å². The van der Waals surface area contributed by atoms with Gasteiger partial charge in [-0.2, -0.15) is 9.61 Å². The minimum atomic E-state index is 0.640. The van der Waals surface area contributed by atoms with Crippen LogP contribution in [0.1, 0.15) is 17.0 Å². The van der Waals surface area contributed by atoms with Crippen LogP contribution in [0.5, 0.6) is 0 Å². The van der Waals surface area contributed by atoms with E-state index in [0.717, 1.165) is 33.5 Å². The first-order chi connectivity index (χ1) is 13.1. The second-order valence-corrected chi connectivity index (χ2v) is 6.81. The monoisotopic (exact) mass is 354 g/mol. The maximum atomic E-state index is 4.85. The average molecular weight is 354 g/mol. The van der Waals surface area contributed by atoms with E-state index in [-0.39, 0.29) is 0 Å². The molecule has 0 atom stereocenters. The van der Waals surface area contributed by atoms with Crippen LogP contribution in [-0.4, -0.2) is 29.4 Å². The lowest BCUT2D eigenvalue weighted by molar-refractivity contribution is 0.735. The Morgan fingerprint density at radius 2 is 1.67 bits per heavy atom. The number of hydrogen-bond acceptors (Lipinski definition) is 4. The molecule has 0 unspecified atom stereocenters. The van der Waals surface area contributed by atoms with Crippen LogP contribution in [0.2, 0.25) is 0 Å². The molecule has 0 fully saturated rings. The van der Waals surface area contributed by atoms with Gasteiger partial charge in [-0.15, -0.1) is 5.10 Å². The third-order valence-electron chi connectivity index (χ3n) is 4.64. The number of aryl methyl sites for hydroxylation is 3. The molecule has 0 aliphatic heterocycles. The summed E-state index contributed by atoms with van der Waals surface area (Å²) in [7, 11) is 0. The molecular weight excluding hydrogens is 336 g/mol. The molecule has 0 amide bonds. The smallest absolute Gasteiger partial charge is 0.211 e. The van der Waals surface area contributed by atoms with Crippen LogP contribution in [0, 0.1) is 20.8 Å². The Morgan fingerprint density at radius 3 is 2.44 bits per heavy atom. The summed E-state index contributed by atoms with van der Waals surface area (Å²) in [4.78, 5) is 9.68. The van der Waals surface area contributed by atoms with Crippen molar-refractivity contribution in [1.82, 2.24) is 29.4 Å². The summed E-state index contributed by atoms with van der Waals surface area (Å²) in [6, 6.07) is 18.2. The SMILES string of the molecule is Cc1cccc(-c2nc3c4ccccc4nc(-n4nc(C)cc4C)n3n2)c1. The van der Waals surface area contributed by atoms with Crippen LogP contribution in [0.4, 0.5) is 0 Å². The molecule has 3 aromatic heterocycles. The highest BCUT2D eigenvalue weighted by Crippen LogP contribution is 2.24. The molecule has 2 aromatic carbocycles. The van der Waals surface area contributed by atoms with E-state index in [0.29, 0.717) is 11.8 Å². The highest BCUT2D eigenvalue weighted by Gasteiger charge is 2.17. The lowest BCUT2D eigenvalue weighted by Gasteiger charge is -2.07. The van der Waals surface area contributed by atoms with Gasteiger partial charge in [0.25, 0.3) is 5.95 Å². The first kappa shape index (κ1) is 15.7. The summed E-state index contributed by atoms with van der Waals surface area (Å²) in [5.41, 5.74) is 5.75. The summed E-state index contributed by atoms with van der Waals surface area (Å²) in [6.07, 6.45) is 0. The molecule has 132 valence electrons. The molecule has 5 aromatic rings. The molecule has 6 heteroatoms. The van der Waals surface area contributed by atoms with Gasteiger partial charge in [-0.05, 0) is 45.0 Å². The molecule has 0 N–H and O–H groups in total. The molecule has 0 spiro atoms. The van der Waals surface area contributed by atoms with Gasteiger partial charge in [-0.25, -0.2) is 14.6 Å². The fraction of sp³-hybridized carbons (Fsp3) is 0.143. The minimum absolute atomic E-state index is 0.640. The van der Waals surface area contributed by atoms with E-state index >= 15 is 0 Å². The number of benzene rings is 2. The van der Waals surface area contributed by atoms with Crippen molar-refractivity contribution in [2.24, 2.45) is 0 Å². The lowest BCUT2D eigenvalue weighted by atomic mass is 10.1. The van der Waals surface area contributed by atoms with Crippen LogP contribution in [0.25, 0.3) is 33.9 Å². The zero-order valence-corrected chi connectivity index (χ0v) is 15.4. The van der Waals surface area contributed by atoms with Gasteiger partial charge < -0.3 is 0 Å². The van der Waals surface area contributed by atoms with E-state index in [1.807, 2.05) is 61.0 Å². The average Bonchev–Trinajstić information content (AvgIpc) is 3.24. The van der Waals surface area contributed by atoms with E-state index in [4.69, 9.17) is 15.1 Å². The van der Waals surface area contributed by atoms with E-state index in [1.165, 1.54) is 5.56 Å². The number of rotatable bonds is 2. The first-order valence-corrected chi connectivity index (χ1v) is 8.86. The van der Waals surface area contributed by atoms with Gasteiger partial charge in [0.15, 0.2) is 11.5 Å². The predicted octanol–water partition coefficient (Wildman–Crippen LogP) is 4.06. The Kier molecular flexibility index (Phi) is 3.33. The van der Waals surface area contributed by atoms with Crippen molar-refractivity contribution in [1.29, 1.82) is 0 Å². The number of fused-ring (bicyclic) bond motifs is 3. The Bertz CT molecular complexity index is 1310. The Labute approximate surface area is 156 Å². The largest absolute Gasteiger partial charge is 0.254 e. The van der Waals surface area contributed by atoms with Gasteiger partial charge in [0.05, 0.1) is 11.2 Å². The number of aromatic nitrogens is 6. The number of para-hydroxylation sites is 1. The third kappa shape index (κ3) is 2.49. The predicted molar refractivity (Wildman–Crippen MR) is 105 cm³/mol. The van der Waals surface area contributed by atoms with E-state index in [2.05, 4.69) is 24.2 Å². The molecule has 3 heterocycles. The fourth-order valence-electron chi connectivity index (χ4n) is 3.42. The van der Waals surface area contributed by atoms with Crippen molar-refractivity contribution < 1.29 is 0 Å². The van der Waals surface area contributed by atoms with Gasteiger partial charge in [0.1, 0.15) is 0 Å². The number of hydrogen-bond donors (Lipinski definition) is 0. The number of nitrogens with zero attached hydrogens (tertiary/aromatic N) is 6. The zero-order chi connectivity index (χ0) is 18.5. The maximum absolute atomic E-state index is 4.85. The van der Waals surface area contributed by atoms with Gasteiger partial charge in [-0.1, -0.05) is 35.9 Å². The van der Waals surface area contributed by atoms with Crippen molar-refractivity contribution in [3.8, 4) is 17.3 Å². The summed E-state index contributed by atoms with van der Waals surface area (Å²) in [5, 5.41) is 10.3. The molecular formula is C21H18N6. The summed E-state index contributed by atoms with van der Waals surface area (Å²) >= 11 is 0. The van der Waals surface area contributed by atoms with Crippen LogP contribution >= 0.6 is 0 Å². The van der Waals surface area contributed by atoms with Gasteiger partial charge in [0.2, 0.25) is 0 Å². The Balaban J connectivity index is 1.87. The first-order valence-electron chi connectivity index (χ1n) is 8.86. The molecule has 27 heavy (non-hydrogen) atoms. The lowest BCUT2D eigenvalue weighted by Crippen LogP contribution is -2.10. The van der Waals surface area contributed by atoms with Crippen molar-refractivity contribution in [3.05, 3.63) is 71.5 Å². The van der Waals surface area contributed by atoms with Gasteiger partial charge in [0, 0.05) is 16.6 Å². The van der Waals surface area contributed by atoms with Crippen LogP contribution in [0.15, 0.2) is 54.6 Å². The van der Waals surface area contributed by atoms with Crippen molar-refractivity contribution in [2.75, 3.05) is 0 Å². The molecule has 6 nitrogen and oxygen atoms in total. The standard InChI is InChI=1S/C21H18N6/c1-13-7-6-8-16(11-13)19-23-20-17-9-4-5-10-18(17)22-21(27(20)25-19)26-15(3)12-14(2)24-26/h4-12H,1-3H3. The summed E-state index contributed by atoms with van der Waals surface area (Å²) in [6.45, 7) is 6.06. The zero-order valence-electron chi connectivity index (χ0n) is 15.4. The highest BCUT2D eigenvalue weighted by atomic mass is 15.4. The third-order valence-corrected chi connectivity index (χ3v) is 4.64. The van der Waals surface area contributed by atoms with E-state index < -0.39 is 0 Å². The van der Waals surface area contributed by atoms with E-state index in [1.54, 1.807) is 4.52 Å². The normalized spacial score (nSPS) is 11.5. The van der Waals surface area contributed by atoms with Crippen molar-refractivity contribution in [3.63, 3.8) is 0 Å². The van der Waals surface area contributed by atoms with Gasteiger partial charge in [-0.3, -0.25) is 0 Å². The van der Waals surface area contributed by atoms with Crippen molar-refractivity contribution >= 4 is 16.6 Å². The molecule has 5 rings (SSSR count). The summed E-state index contributed by atoms with van der Waals surface area (Å²) in [5.74, 6) is 1.32. The second-order valence-electron chi connectivity index (χ2n) is 6.81. The molecule has 0 saturated carbocycles. The topological polar surface area (TPSA) is 60.9 Å². The molecule has 0 aliphatic rings. The Morgan fingerprint density at radius 1 is 0.815 bits per heavy atom. The fourth-order valence-corrected chi connectivity index (χ4v) is 3.42. The molecule has 0 bridgehead atoms. The Hall–Kier alpha value is -3.54. The maximum Gasteiger partial charge on any atom is 0.254 e. The summed E-state index contributed by atoms with van der Waals surface area (Å²) < 4.78 is 3.61. The molecule has 0 radical (unpaired) electrons. The minimum Gasteiger partial charge on any atom is -0.211 e. The highest BCUT2D eigenvalue weighted by molar-refractivity contribution is 5.92.